The minimum Gasteiger partial charge on any atom is -0.475 e. The molecule has 2 aliphatic heterocycles. The number of rotatable bonds is 1. The predicted octanol–water partition coefficient (Wildman–Crippen LogP) is 3.66. The third kappa shape index (κ3) is 5.51. The minimum absolute atomic E-state index is 0.161. The zero-order chi connectivity index (χ0) is 28.6. The molecule has 2 aromatic heterocycles. The van der Waals surface area contributed by atoms with Crippen molar-refractivity contribution >= 4 is 35.6 Å². The second kappa shape index (κ2) is 10.4. The van der Waals surface area contributed by atoms with E-state index in [1.165, 1.54) is 0 Å². The Hall–Kier alpha value is -4.74. The van der Waals surface area contributed by atoms with Gasteiger partial charge in [0.2, 0.25) is 11.8 Å². The third-order valence-corrected chi connectivity index (χ3v) is 6.36. The maximum absolute atomic E-state index is 13.5. The van der Waals surface area contributed by atoms with Gasteiger partial charge in [0, 0.05) is 37.0 Å². The Kier molecular flexibility index (Phi) is 7.01. The summed E-state index contributed by atoms with van der Waals surface area (Å²) in [4.78, 5) is 50.5. The fourth-order valence-corrected chi connectivity index (χ4v) is 4.53. The number of anilines is 2. The third-order valence-electron chi connectivity index (χ3n) is 6.36. The number of aromatic nitrogens is 3. The number of guanidine groups is 1. The van der Waals surface area contributed by atoms with Gasteiger partial charge in [-0.2, -0.15) is 10.1 Å². The number of aldehydes is 1. The number of benzene rings is 1. The standard InChI is InChI=1S/C28H31N7O5/c1-17-12-19-14-22(30-17)20-15-29-33(5)25(20)39-11-10-34(27(38)40-28(2,3)4)8-9-35-23-13-18(16-36)6-7-21(23)31-26(35)32-24(19)37/h6-7,12-16H,8-11H2,1-5H3,(H,31,32,37). The Morgan fingerprint density at radius 3 is 2.70 bits per heavy atom. The van der Waals surface area contributed by atoms with E-state index in [2.05, 4.69) is 20.4 Å². The normalized spacial score (nSPS) is 16.7. The molecule has 0 unspecified atom stereocenters. The second-order valence-corrected chi connectivity index (χ2v) is 10.6. The van der Waals surface area contributed by atoms with Gasteiger partial charge in [-0.15, -0.1) is 0 Å². The smallest absolute Gasteiger partial charge is 0.410 e. The largest absolute Gasteiger partial charge is 0.475 e. The van der Waals surface area contributed by atoms with Crippen molar-refractivity contribution in [3.63, 3.8) is 0 Å². The summed E-state index contributed by atoms with van der Waals surface area (Å²) in [5, 5.41) is 7.50. The molecule has 0 saturated heterocycles. The van der Waals surface area contributed by atoms with Crippen LogP contribution in [0.3, 0.4) is 0 Å². The lowest BCUT2D eigenvalue weighted by molar-refractivity contribution is 0.0231. The maximum Gasteiger partial charge on any atom is 0.410 e. The van der Waals surface area contributed by atoms with Gasteiger partial charge in [-0.05, 0) is 58.0 Å². The highest BCUT2D eigenvalue weighted by Crippen LogP contribution is 2.34. The molecule has 3 aromatic rings. The van der Waals surface area contributed by atoms with Gasteiger partial charge in [0.1, 0.15) is 18.5 Å². The van der Waals surface area contributed by atoms with Gasteiger partial charge in [-0.1, -0.05) is 0 Å². The molecule has 0 atom stereocenters. The van der Waals surface area contributed by atoms with E-state index in [-0.39, 0.29) is 32.2 Å². The molecule has 12 heteroatoms. The summed E-state index contributed by atoms with van der Waals surface area (Å²) in [6.07, 6.45) is 1.88. The highest BCUT2D eigenvalue weighted by Gasteiger charge is 2.30. The quantitative estimate of drug-likeness (QED) is 0.455. The molecule has 0 saturated carbocycles. The zero-order valence-electron chi connectivity index (χ0n) is 23.1. The van der Waals surface area contributed by atoms with Crippen molar-refractivity contribution in [2.45, 2.75) is 33.3 Å². The van der Waals surface area contributed by atoms with Gasteiger partial charge in [0.25, 0.3) is 5.91 Å². The van der Waals surface area contributed by atoms with E-state index in [0.29, 0.717) is 45.3 Å². The fourth-order valence-electron chi connectivity index (χ4n) is 4.53. The number of amides is 2. The minimum atomic E-state index is -0.697. The van der Waals surface area contributed by atoms with Crippen LogP contribution in [0.4, 0.5) is 16.2 Å². The lowest BCUT2D eigenvalue weighted by Gasteiger charge is -2.29. The molecule has 0 radical (unpaired) electrons. The number of ether oxygens (including phenoxy) is 2. The number of carbonyl (C=O) groups is 3. The highest BCUT2D eigenvalue weighted by molar-refractivity contribution is 6.19. The average Bonchev–Trinajstić information content (AvgIpc) is 3.42. The molecule has 2 bridgehead atoms. The van der Waals surface area contributed by atoms with Gasteiger partial charge < -0.3 is 24.6 Å². The molecule has 5 rings (SSSR count). The first-order valence-corrected chi connectivity index (χ1v) is 12.9. The van der Waals surface area contributed by atoms with Crippen LogP contribution in [0, 0.1) is 6.92 Å². The van der Waals surface area contributed by atoms with E-state index in [9.17, 15) is 14.4 Å². The van der Waals surface area contributed by atoms with E-state index in [1.807, 2.05) is 0 Å². The number of hydrogen-bond donors (Lipinski definition) is 1. The SMILES string of the molecule is Cc1cc2cc(n1)-c1cnn(C)c1OCCN(C(=O)OC(C)(C)C)CCN1/C(=N/C2=O)Nc2ccc(C=O)cc21. The van der Waals surface area contributed by atoms with Crippen molar-refractivity contribution in [1.82, 2.24) is 19.7 Å². The zero-order valence-corrected chi connectivity index (χ0v) is 23.1. The number of carbonyl (C=O) groups excluding carboxylic acids is 3. The lowest BCUT2D eigenvalue weighted by atomic mass is 10.1. The van der Waals surface area contributed by atoms with Crippen LogP contribution in [0.15, 0.2) is 41.5 Å². The number of aryl methyl sites for hydroxylation is 2. The molecule has 4 heterocycles. The number of nitrogens with one attached hydrogen (secondary N) is 1. The number of nitrogens with zero attached hydrogens (tertiary/aromatic N) is 6. The molecule has 208 valence electrons. The number of pyridine rings is 1. The lowest BCUT2D eigenvalue weighted by Crippen LogP contribution is -2.44. The van der Waals surface area contributed by atoms with Crippen LogP contribution >= 0.6 is 0 Å². The van der Waals surface area contributed by atoms with Gasteiger partial charge in [0.15, 0.2) is 0 Å². The van der Waals surface area contributed by atoms with Crippen LogP contribution < -0.4 is 15.0 Å². The van der Waals surface area contributed by atoms with Crippen LogP contribution in [-0.2, 0) is 11.8 Å². The average molecular weight is 546 g/mol. The van der Waals surface area contributed by atoms with Crippen LogP contribution in [0.5, 0.6) is 5.88 Å². The summed E-state index contributed by atoms with van der Waals surface area (Å²) in [7, 11) is 1.75. The van der Waals surface area contributed by atoms with Gasteiger partial charge in [-0.3, -0.25) is 14.6 Å². The van der Waals surface area contributed by atoms with E-state index >= 15 is 0 Å². The Bertz CT molecular complexity index is 1520. The molecular weight excluding hydrogens is 514 g/mol. The summed E-state index contributed by atoms with van der Waals surface area (Å²) in [5.74, 6) is 0.267. The summed E-state index contributed by atoms with van der Waals surface area (Å²) in [5.41, 5.74) is 3.25. The number of aliphatic imine (C=N–C) groups is 1. The van der Waals surface area contributed by atoms with E-state index < -0.39 is 17.6 Å². The first kappa shape index (κ1) is 26.9. The second-order valence-electron chi connectivity index (χ2n) is 10.6. The Morgan fingerprint density at radius 2 is 1.95 bits per heavy atom. The summed E-state index contributed by atoms with van der Waals surface area (Å²) >= 11 is 0. The molecule has 0 fully saturated rings. The Labute approximate surface area is 231 Å². The van der Waals surface area contributed by atoms with Crippen LogP contribution in [0.2, 0.25) is 0 Å². The molecule has 12 nitrogen and oxygen atoms in total. The van der Waals surface area contributed by atoms with Gasteiger partial charge in [0.05, 0.1) is 35.4 Å². The van der Waals surface area contributed by atoms with E-state index in [0.717, 1.165) is 6.29 Å². The maximum atomic E-state index is 13.5. The molecule has 1 N–H and O–H groups in total. The molecule has 0 aliphatic carbocycles. The van der Waals surface area contributed by atoms with Gasteiger partial charge in [-0.25, -0.2) is 9.48 Å². The van der Waals surface area contributed by atoms with Crippen LogP contribution in [0.25, 0.3) is 11.3 Å². The highest BCUT2D eigenvalue weighted by atomic mass is 16.6. The van der Waals surface area contributed by atoms with Crippen LogP contribution in [0.1, 0.15) is 47.2 Å². The number of fused-ring (bicyclic) bond motifs is 7. The van der Waals surface area contributed by atoms with E-state index in [4.69, 9.17) is 9.47 Å². The van der Waals surface area contributed by atoms with Crippen molar-refractivity contribution in [3.05, 3.63) is 53.3 Å². The van der Waals surface area contributed by atoms with Gasteiger partial charge >= 0.3 is 6.09 Å². The summed E-state index contributed by atoms with van der Waals surface area (Å²) in [6.45, 7) is 8.09. The molecule has 40 heavy (non-hydrogen) atoms. The molecule has 2 aliphatic rings. The fraction of sp³-hybridized carbons (Fsp3) is 0.357. The Morgan fingerprint density at radius 1 is 1.15 bits per heavy atom. The number of hydrogen-bond acceptors (Lipinski definition) is 9. The van der Waals surface area contributed by atoms with Crippen molar-refractivity contribution in [2.75, 3.05) is 36.5 Å². The van der Waals surface area contributed by atoms with Crippen molar-refractivity contribution in [3.8, 4) is 17.1 Å². The van der Waals surface area contributed by atoms with Crippen molar-refractivity contribution in [2.24, 2.45) is 12.0 Å². The summed E-state index contributed by atoms with van der Waals surface area (Å²) < 4.78 is 13.4. The molecular formula is C28H31N7O5. The van der Waals surface area contributed by atoms with Crippen molar-refractivity contribution < 1.29 is 23.9 Å². The molecule has 1 aromatic carbocycles. The monoisotopic (exact) mass is 545 g/mol. The first-order valence-electron chi connectivity index (χ1n) is 12.9. The first-order chi connectivity index (χ1) is 19.0. The molecule has 2 amide bonds. The van der Waals surface area contributed by atoms with Crippen molar-refractivity contribution in [1.29, 1.82) is 0 Å². The van der Waals surface area contributed by atoms with Crippen LogP contribution in [-0.4, -0.2) is 75.8 Å². The summed E-state index contributed by atoms with van der Waals surface area (Å²) in [6, 6.07) is 8.49. The predicted molar refractivity (Wildman–Crippen MR) is 149 cm³/mol. The topological polar surface area (TPSA) is 131 Å². The molecule has 0 spiro atoms. The van der Waals surface area contributed by atoms with E-state index in [1.54, 1.807) is 85.8 Å². The Balaban J connectivity index is 1.59.